The molecule has 8 heteroatoms. The Morgan fingerprint density at radius 1 is 1.40 bits per heavy atom. The maximum absolute atomic E-state index is 12.2. The van der Waals surface area contributed by atoms with Crippen molar-refractivity contribution < 1.29 is 8.42 Å². The molecule has 108 valence electrons. The second kappa shape index (κ2) is 6.26. The van der Waals surface area contributed by atoms with E-state index in [4.69, 9.17) is 11.6 Å². The largest absolute Gasteiger partial charge is 0.259 e. The molecule has 5 nitrogen and oxygen atoms in total. The van der Waals surface area contributed by atoms with Gasteiger partial charge in [0.1, 0.15) is 0 Å². The summed E-state index contributed by atoms with van der Waals surface area (Å²) in [5, 5.41) is 3.89. The van der Waals surface area contributed by atoms with E-state index in [-0.39, 0.29) is 21.4 Å². The van der Waals surface area contributed by atoms with Crippen LogP contribution in [0.4, 0.5) is 0 Å². The Hall–Kier alpha value is -0.890. The number of halogens is 2. The molecular formula is C12H13BrClN3O2S. The van der Waals surface area contributed by atoms with Crippen LogP contribution in [0.25, 0.3) is 0 Å². The summed E-state index contributed by atoms with van der Waals surface area (Å²) in [6.45, 7) is 0.216. The Labute approximate surface area is 131 Å². The van der Waals surface area contributed by atoms with E-state index in [0.717, 1.165) is 5.56 Å². The van der Waals surface area contributed by atoms with Crippen LogP contribution in [0, 0.1) is 0 Å². The van der Waals surface area contributed by atoms with Crippen LogP contribution in [0.1, 0.15) is 10.4 Å². The molecule has 1 N–H and O–H groups in total. The number of benzene rings is 1. The zero-order valence-electron chi connectivity index (χ0n) is 10.6. The van der Waals surface area contributed by atoms with E-state index in [1.807, 2.05) is 30.3 Å². The van der Waals surface area contributed by atoms with Gasteiger partial charge in [-0.15, -0.1) is 0 Å². The molecule has 0 aliphatic heterocycles. The maximum atomic E-state index is 12.2. The summed E-state index contributed by atoms with van der Waals surface area (Å²) in [5.41, 5.74) is 0.992. The zero-order chi connectivity index (χ0) is 14.8. The molecule has 20 heavy (non-hydrogen) atoms. The second-order valence-electron chi connectivity index (χ2n) is 4.15. The van der Waals surface area contributed by atoms with Crippen molar-refractivity contribution in [2.24, 2.45) is 7.05 Å². The van der Waals surface area contributed by atoms with Crippen LogP contribution in [-0.2, 0) is 17.1 Å². The molecule has 0 saturated carbocycles. The van der Waals surface area contributed by atoms with Crippen LogP contribution in [-0.4, -0.2) is 24.7 Å². The lowest BCUT2D eigenvalue weighted by Crippen LogP contribution is -2.28. The minimum Gasteiger partial charge on any atom is -0.255 e. The Bertz CT molecular complexity index is 668. The van der Waals surface area contributed by atoms with E-state index < -0.39 is 10.0 Å². The highest BCUT2D eigenvalue weighted by atomic mass is 79.9. The summed E-state index contributed by atoms with van der Waals surface area (Å²) in [7, 11) is -2.16. The highest BCUT2D eigenvalue weighted by molar-refractivity contribution is 9.09. The third kappa shape index (κ3) is 3.41. The molecular weight excluding hydrogens is 366 g/mol. The Kier molecular flexibility index (Phi) is 4.85. The van der Waals surface area contributed by atoms with E-state index in [0.29, 0.717) is 0 Å². The average Bonchev–Trinajstić information content (AvgIpc) is 2.77. The molecule has 1 unspecified atom stereocenters. The molecule has 1 aromatic carbocycles. The second-order valence-corrected chi connectivity index (χ2v) is 7.35. The van der Waals surface area contributed by atoms with Gasteiger partial charge in [0.25, 0.3) is 10.0 Å². The first-order valence-electron chi connectivity index (χ1n) is 5.78. The minimum atomic E-state index is -3.69. The van der Waals surface area contributed by atoms with Crippen molar-refractivity contribution in [2.45, 2.75) is 9.85 Å². The number of nitrogens with zero attached hydrogens (tertiary/aromatic N) is 2. The van der Waals surface area contributed by atoms with E-state index in [1.165, 1.54) is 17.9 Å². The Balaban J connectivity index is 2.11. The molecule has 1 aromatic heterocycles. The fraction of sp³-hybridized carbons (Fsp3) is 0.250. The molecule has 2 rings (SSSR count). The molecule has 0 fully saturated rings. The predicted molar refractivity (Wildman–Crippen MR) is 81.5 cm³/mol. The number of aromatic nitrogens is 2. The molecule has 0 radical (unpaired) electrons. The van der Waals surface area contributed by atoms with Gasteiger partial charge < -0.3 is 0 Å². The molecule has 0 aliphatic rings. The van der Waals surface area contributed by atoms with Gasteiger partial charge in [0.05, 0.1) is 16.0 Å². The van der Waals surface area contributed by atoms with Gasteiger partial charge >= 0.3 is 0 Å². The highest BCUT2D eigenvalue weighted by Crippen LogP contribution is 2.23. The van der Waals surface area contributed by atoms with E-state index in [9.17, 15) is 8.42 Å². The number of alkyl halides is 1. The third-order valence-electron chi connectivity index (χ3n) is 2.71. The molecule has 2 aromatic rings. The van der Waals surface area contributed by atoms with Gasteiger partial charge in [0, 0.05) is 13.6 Å². The number of aryl methyl sites for hydroxylation is 1. The molecule has 0 spiro atoms. The summed E-state index contributed by atoms with van der Waals surface area (Å²) in [5.74, 6) is 0. The van der Waals surface area contributed by atoms with Crippen molar-refractivity contribution in [1.82, 2.24) is 14.5 Å². The first kappa shape index (κ1) is 15.5. The van der Waals surface area contributed by atoms with Gasteiger partial charge in [0.2, 0.25) is 0 Å². The summed E-state index contributed by atoms with van der Waals surface area (Å²) < 4.78 is 28.1. The summed E-state index contributed by atoms with van der Waals surface area (Å²) >= 11 is 9.30. The predicted octanol–water partition coefficient (Wildman–Crippen LogP) is 2.49. The number of hydrogen-bond acceptors (Lipinski definition) is 3. The smallest absolute Gasteiger partial charge is 0.255 e. The SMILES string of the molecule is Cn1ncc(Cl)c1S(=O)(=O)NCC(Br)c1ccccc1. The van der Waals surface area contributed by atoms with E-state index >= 15 is 0 Å². The Morgan fingerprint density at radius 3 is 2.60 bits per heavy atom. The normalized spacial score (nSPS) is 13.3. The van der Waals surface area contributed by atoms with E-state index in [1.54, 1.807) is 0 Å². The summed E-state index contributed by atoms with van der Waals surface area (Å²) in [6, 6.07) is 9.55. The maximum Gasteiger partial charge on any atom is 0.259 e. The van der Waals surface area contributed by atoms with Gasteiger partial charge in [-0.1, -0.05) is 57.9 Å². The first-order valence-corrected chi connectivity index (χ1v) is 8.55. The van der Waals surface area contributed by atoms with Gasteiger partial charge in [-0.2, -0.15) is 5.10 Å². The van der Waals surface area contributed by atoms with Crippen LogP contribution in [0.3, 0.4) is 0 Å². The van der Waals surface area contributed by atoms with Crippen molar-refractivity contribution >= 4 is 37.6 Å². The standard InChI is InChI=1S/C12H13BrClN3O2S/c1-17-12(11(14)8-15-17)20(18,19)16-7-10(13)9-5-3-2-4-6-9/h2-6,8,10,16H,7H2,1H3. The van der Waals surface area contributed by atoms with Crippen molar-refractivity contribution in [3.05, 3.63) is 47.1 Å². The molecule has 1 atom stereocenters. The van der Waals surface area contributed by atoms with Crippen molar-refractivity contribution in [2.75, 3.05) is 6.54 Å². The van der Waals surface area contributed by atoms with Crippen LogP contribution >= 0.6 is 27.5 Å². The van der Waals surface area contributed by atoms with Crippen LogP contribution < -0.4 is 4.72 Å². The zero-order valence-corrected chi connectivity index (χ0v) is 13.8. The number of hydrogen-bond donors (Lipinski definition) is 1. The van der Waals surface area contributed by atoms with E-state index in [2.05, 4.69) is 25.8 Å². The average molecular weight is 379 g/mol. The fourth-order valence-electron chi connectivity index (χ4n) is 1.73. The lowest BCUT2D eigenvalue weighted by atomic mass is 10.2. The van der Waals surface area contributed by atoms with Crippen LogP contribution in [0.2, 0.25) is 5.02 Å². The molecule has 0 amide bonds. The first-order chi connectivity index (χ1) is 9.42. The highest BCUT2D eigenvalue weighted by Gasteiger charge is 2.23. The van der Waals surface area contributed by atoms with Crippen molar-refractivity contribution in [1.29, 1.82) is 0 Å². The molecule has 0 saturated heterocycles. The molecule has 0 bridgehead atoms. The monoisotopic (exact) mass is 377 g/mol. The van der Waals surface area contributed by atoms with Crippen molar-refractivity contribution in [3.63, 3.8) is 0 Å². The third-order valence-corrected chi connectivity index (χ3v) is 5.49. The Morgan fingerprint density at radius 2 is 2.05 bits per heavy atom. The quantitative estimate of drug-likeness (QED) is 0.813. The van der Waals surface area contributed by atoms with Crippen LogP contribution in [0.5, 0.6) is 0 Å². The van der Waals surface area contributed by atoms with Gasteiger partial charge in [0.15, 0.2) is 5.03 Å². The van der Waals surface area contributed by atoms with Gasteiger partial charge in [-0.05, 0) is 5.56 Å². The lowest BCUT2D eigenvalue weighted by molar-refractivity contribution is 0.563. The number of nitrogens with one attached hydrogen (secondary N) is 1. The topological polar surface area (TPSA) is 64.0 Å². The summed E-state index contributed by atoms with van der Waals surface area (Å²) in [6.07, 6.45) is 1.30. The molecule has 0 aliphatic carbocycles. The number of rotatable bonds is 5. The van der Waals surface area contributed by atoms with Gasteiger partial charge in [-0.3, -0.25) is 4.68 Å². The summed E-state index contributed by atoms with van der Waals surface area (Å²) in [4.78, 5) is -0.120. The minimum absolute atomic E-state index is 0.0353. The molecule has 1 heterocycles. The van der Waals surface area contributed by atoms with Crippen molar-refractivity contribution in [3.8, 4) is 0 Å². The lowest BCUT2D eigenvalue weighted by Gasteiger charge is -2.12. The van der Waals surface area contributed by atoms with Gasteiger partial charge in [-0.25, -0.2) is 13.1 Å². The fourth-order valence-corrected chi connectivity index (χ4v) is 4.11. The van der Waals surface area contributed by atoms with Crippen LogP contribution in [0.15, 0.2) is 41.6 Å². The number of sulfonamides is 1.